The standard InChI is InChI=1S/C19H27N3O.2ClH/c1-13-4-7-18(22-8-2-3-9-22)17(10-13)19(23)21-16-11-14-5-6-15(12-16)20-14;;/h4,7,10,14-16,20H,2-3,5-6,8-9,11-12H2,1H3,(H,21,23);2*1H. The highest BCUT2D eigenvalue weighted by Gasteiger charge is 2.34. The number of fused-ring (bicyclic) bond motifs is 2. The first-order chi connectivity index (χ1) is 11.2. The average Bonchev–Trinajstić information content (AvgIpc) is 3.17. The van der Waals surface area contributed by atoms with E-state index >= 15 is 0 Å². The maximum atomic E-state index is 12.9. The van der Waals surface area contributed by atoms with Gasteiger partial charge in [-0.3, -0.25) is 4.79 Å². The summed E-state index contributed by atoms with van der Waals surface area (Å²) in [5.74, 6) is 0.113. The van der Waals surface area contributed by atoms with Gasteiger partial charge >= 0.3 is 0 Å². The van der Waals surface area contributed by atoms with E-state index in [9.17, 15) is 4.79 Å². The molecule has 4 rings (SSSR count). The molecular weight excluding hydrogens is 357 g/mol. The van der Waals surface area contributed by atoms with Crippen molar-refractivity contribution in [3.8, 4) is 0 Å². The van der Waals surface area contributed by atoms with E-state index in [2.05, 4.69) is 40.7 Å². The number of rotatable bonds is 3. The van der Waals surface area contributed by atoms with Crippen molar-refractivity contribution in [1.82, 2.24) is 10.6 Å². The van der Waals surface area contributed by atoms with E-state index in [1.807, 2.05) is 0 Å². The number of piperidine rings is 1. The van der Waals surface area contributed by atoms with Crippen LogP contribution >= 0.6 is 24.8 Å². The van der Waals surface area contributed by atoms with Gasteiger partial charge in [0, 0.05) is 36.9 Å². The second-order valence-corrected chi connectivity index (χ2v) is 7.49. The number of benzene rings is 1. The summed E-state index contributed by atoms with van der Waals surface area (Å²) >= 11 is 0. The van der Waals surface area contributed by atoms with Crippen LogP contribution in [0.1, 0.15) is 54.4 Å². The van der Waals surface area contributed by atoms with Crippen LogP contribution < -0.4 is 15.5 Å². The third kappa shape index (κ3) is 4.42. The van der Waals surface area contributed by atoms with Crippen LogP contribution in [0.25, 0.3) is 0 Å². The fraction of sp³-hybridized carbons (Fsp3) is 0.632. The molecule has 3 fully saturated rings. The van der Waals surface area contributed by atoms with Gasteiger partial charge in [-0.25, -0.2) is 0 Å². The van der Waals surface area contributed by atoms with Crippen molar-refractivity contribution in [2.45, 2.75) is 63.6 Å². The number of halogens is 2. The molecule has 3 aliphatic heterocycles. The minimum Gasteiger partial charge on any atom is -0.371 e. The molecule has 2 unspecified atom stereocenters. The molecule has 0 saturated carbocycles. The summed E-state index contributed by atoms with van der Waals surface area (Å²) in [7, 11) is 0. The molecule has 0 aliphatic carbocycles. The minimum atomic E-state index is 0. The lowest BCUT2D eigenvalue weighted by Crippen LogP contribution is -2.48. The zero-order valence-corrected chi connectivity index (χ0v) is 16.4. The highest BCUT2D eigenvalue weighted by molar-refractivity contribution is 6.00. The van der Waals surface area contributed by atoms with Crippen molar-refractivity contribution in [2.75, 3.05) is 18.0 Å². The van der Waals surface area contributed by atoms with E-state index in [1.165, 1.54) is 25.7 Å². The van der Waals surface area contributed by atoms with Gasteiger partial charge in [-0.05, 0) is 57.6 Å². The van der Waals surface area contributed by atoms with Gasteiger partial charge in [0.2, 0.25) is 0 Å². The molecule has 1 aromatic carbocycles. The molecule has 3 aliphatic rings. The maximum Gasteiger partial charge on any atom is 0.253 e. The van der Waals surface area contributed by atoms with Gasteiger partial charge in [-0.15, -0.1) is 24.8 Å². The first kappa shape index (κ1) is 20.3. The van der Waals surface area contributed by atoms with Crippen LogP contribution in [0.2, 0.25) is 0 Å². The van der Waals surface area contributed by atoms with Crippen molar-refractivity contribution in [3.63, 3.8) is 0 Å². The number of hydrogen-bond donors (Lipinski definition) is 2. The topological polar surface area (TPSA) is 44.4 Å². The maximum absolute atomic E-state index is 12.9. The Kier molecular flexibility index (Phi) is 7.01. The quantitative estimate of drug-likeness (QED) is 0.837. The zero-order valence-electron chi connectivity index (χ0n) is 14.8. The number of carbonyl (C=O) groups is 1. The third-order valence-corrected chi connectivity index (χ3v) is 5.65. The number of carbonyl (C=O) groups excluding carboxylic acids is 1. The van der Waals surface area contributed by atoms with Crippen LogP contribution in [0.15, 0.2) is 18.2 Å². The predicted octanol–water partition coefficient (Wildman–Crippen LogP) is 3.45. The third-order valence-electron chi connectivity index (χ3n) is 5.65. The molecule has 140 valence electrons. The van der Waals surface area contributed by atoms with Crippen LogP contribution in [0, 0.1) is 6.92 Å². The summed E-state index contributed by atoms with van der Waals surface area (Å²) in [6.45, 7) is 4.21. The second-order valence-electron chi connectivity index (χ2n) is 7.49. The molecule has 0 aromatic heterocycles. The molecule has 2 N–H and O–H groups in total. The molecule has 3 saturated heterocycles. The first-order valence-corrected chi connectivity index (χ1v) is 9.11. The highest BCUT2D eigenvalue weighted by atomic mass is 35.5. The summed E-state index contributed by atoms with van der Waals surface area (Å²) in [6, 6.07) is 7.84. The van der Waals surface area contributed by atoms with Crippen LogP contribution in [-0.2, 0) is 0 Å². The largest absolute Gasteiger partial charge is 0.371 e. The van der Waals surface area contributed by atoms with Crippen LogP contribution in [-0.4, -0.2) is 37.1 Å². The van der Waals surface area contributed by atoms with E-state index in [1.54, 1.807) is 0 Å². The number of nitrogens with one attached hydrogen (secondary N) is 2. The Morgan fingerprint density at radius 1 is 1.12 bits per heavy atom. The van der Waals surface area contributed by atoms with Crippen molar-refractivity contribution in [2.24, 2.45) is 0 Å². The Labute approximate surface area is 162 Å². The Morgan fingerprint density at radius 2 is 1.76 bits per heavy atom. The van der Waals surface area contributed by atoms with Gasteiger partial charge < -0.3 is 15.5 Å². The summed E-state index contributed by atoms with van der Waals surface area (Å²) in [5, 5.41) is 6.96. The lowest BCUT2D eigenvalue weighted by Gasteiger charge is -2.30. The number of hydrogen-bond acceptors (Lipinski definition) is 3. The Hall–Kier alpha value is -0.970. The Bertz CT molecular complexity index is 592. The van der Waals surface area contributed by atoms with E-state index in [0.717, 1.165) is 42.7 Å². The Balaban J connectivity index is 0.00000113. The molecule has 1 amide bonds. The SMILES string of the molecule is Cc1ccc(N2CCCC2)c(C(=O)NC2CC3CCC(C2)N3)c1.Cl.Cl. The molecule has 2 atom stereocenters. The van der Waals surface area contributed by atoms with E-state index in [-0.39, 0.29) is 30.7 Å². The smallest absolute Gasteiger partial charge is 0.253 e. The summed E-state index contributed by atoms with van der Waals surface area (Å²) < 4.78 is 0. The van der Waals surface area contributed by atoms with E-state index in [4.69, 9.17) is 0 Å². The molecule has 4 nitrogen and oxygen atoms in total. The Morgan fingerprint density at radius 3 is 2.40 bits per heavy atom. The van der Waals surface area contributed by atoms with Crippen LogP contribution in [0.3, 0.4) is 0 Å². The molecule has 0 spiro atoms. The van der Waals surface area contributed by atoms with Crippen LogP contribution in [0.4, 0.5) is 5.69 Å². The van der Waals surface area contributed by atoms with Gasteiger partial charge in [0.25, 0.3) is 5.91 Å². The van der Waals surface area contributed by atoms with Crippen molar-refractivity contribution < 1.29 is 4.79 Å². The molecule has 2 bridgehead atoms. The number of amides is 1. The van der Waals surface area contributed by atoms with Gasteiger partial charge in [0.15, 0.2) is 0 Å². The number of nitrogens with zero attached hydrogens (tertiary/aromatic N) is 1. The molecule has 1 aromatic rings. The van der Waals surface area contributed by atoms with E-state index < -0.39 is 0 Å². The lowest BCUT2D eigenvalue weighted by molar-refractivity contribution is 0.0924. The summed E-state index contributed by atoms with van der Waals surface area (Å²) in [6.07, 6.45) is 7.14. The molecule has 0 radical (unpaired) electrons. The lowest BCUT2D eigenvalue weighted by atomic mass is 9.99. The first-order valence-electron chi connectivity index (χ1n) is 9.11. The number of anilines is 1. The summed E-state index contributed by atoms with van der Waals surface area (Å²) in [4.78, 5) is 15.3. The molecular formula is C19H29Cl2N3O. The fourth-order valence-electron chi connectivity index (χ4n) is 4.50. The van der Waals surface area contributed by atoms with Gasteiger partial charge in [0.05, 0.1) is 5.56 Å². The average molecular weight is 386 g/mol. The van der Waals surface area contributed by atoms with Gasteiger partial charge in [-0.2, -0.15) is 0 Å². The monoisotopic (exact) mass is 385 g/mol. The highest BCUT2D eigenvalue weighted by Crippen LogP contribution is 2.29. The fourth-order valence-corrected chi connectivity index (χ4v) is 4.50. The second kappa shape index (κ2) is 8.61. The molecule has 25 heavy (non-hydrogen) atoms. The normalized spacial score (nSPS) is 27.4. The summed E-state index contributed by atoms with van der Waals surface area (Å²) in [5.41, 5.74) is 3.13. The molecule has 3 heterocycles. The van der Waals surface area contributed by atoms with Gasteiger partial charge in [0.1, 0.15) is 0 Å². The predicted molar refractivity (Wildman–Crippen MR) is 108 cm³/mol. The van der Waals surface area contributed by atoms with Crippen molar-refractivity contribution in [3.05, 3.63) is 29.3 Å². The van der Waals surface area contributed by atoms with Crippen LogP contribution in [0.5, 0.6) is 0 Å². The van der Waals surface area contributed by atoms with E-state index in [0.29, 0.717) is 18.1 Å². The van der Waals surface area contributed by atoms with Crippen molar-refractivity contribution in [1.29, 1.82) is 0 Å². The van der Waals surface area contributed by atoms with Gasteiger partial charge in [-0.1, -0.05) is 11.6 Å². The zero-order chi connectivity index (χ0) is 15.8. The van der Waals surface area contributed by atoms with Crippen molar-refractivity contribution >= 4 is 36.4 Å². The minimum absolute atomic E-state index is 0. The number of aryl methyl sites for hydroxylation is 1. The molecule has 6 heteroatoms.